The van der Waals surface area contributed by atoms with Crippen molar-refractivity contribution in [1.82, 2.24) is 4.98 Å². The van der Waals surface area contributed by atoms with Crippen molar-refractivity contribution >= 4 is 44.1 Å². The molecule has 0 bridgehead atoms. The number of carbonyl (C=O) groups excluding carboxylic acids is 2. The zero-order valence-corrected chi connectivity index (χ0v) is 19.2. The van der Waals surface area contributed by atoms with E-state index in [2.05, 4.69) is 4.98 Å². The van der Waals surface area contributed by atoms with Crippen LogP contribution in [0.3, 0.4) is 0 Å². The van der Waals surface area contributed by atoms with Crippen LogP contribution in [0, 0.1) is 6.92 Å². The highest BCUT2D eigenvalue weighted by atomic mass is 32.1. The molecule has 0 spiro atoms. The van der Waals surface area contributed by atoms with Crippen LogP contribution in [0.2, 0.25) is 0 Å². The van der Waals surface area contributed by atoms with Crippen LogP contribution < -0.4 is 9.64 Å². The van der Waals surface area contributed by atoms with Gasteiger partial charge in [0.1, 0.15) is 17.3 Å². The number of aliphatic hydroxyl groups is 1. The van der Waals surface area contributed by atoms with E-state index in [9.17, 15) is 19.8 Å². The number of hydrogen-bond donors (Lipinski definition) is 2. The van der Waals surface area contributed by atoms with Crippen LogP contribution in [-0.4, -0.2) is 34.0 Å². The summed E-state index contributed by atoms with van der Waals surface area (Å²) >= 11 is 1.29. The number of aromatic hydroxyl groups is 1. The molecule has 2 N–H and O–H groups in total. The summed E-state index contributed by atoms with van der Waals surface area (Å²) in [5, 5.41) is 21.7. The summed E-state index contributed by atoms with van der Waals surface area (Å²) in [6.45, 7) is 1.96. The molecular weight excluding hydrogens is 452 g/mol. The van der Waals surface area contributed by atoms with Crippen LogP contribution in [0.1, 0.15) is 22.7 Å². The van der Waals surface area contributed by atoms with E-state index in [4.69, 9.17) is 4.74 Å². The lowest BCUT2D eigenvalue weighted by atomic mass is 9.95. The third kappa shape index (κ3) is 3.58. The number of thiazole rings is 1. The van der Waals surface area contributed by atoms with Crippen molar-refractivity contribution < 1.29 is 24.5 Å². The molecule has 5 rings (SSSR count). The topological polar surface area (TPSA) is 100.0 Å². The maximum absolute atomic E-state index is 13.3. The number of phenols is 1. The number of fused-ring (bicyclic) bond motifs is 1. The van der Waals surface area contributed by atoms with Crippen LogP contribution >= 0.6 is 11.3 Å². The Morgan fingerprint density at radius 1 is 1.06 bits per heavy atom. The molecule has 0 saturated carbocycles. The van der Waals surface area contributed by atoms with Gasteiger partial charge in [0, 0.05) is 5.56 Å². The van der Waals surface area contributed by atoms with Crippen molar-refractivity contribution in [1.29, 1.82) is 0 Å². The van der Waals surface area contributed by atoms with Gasteiger partial charge in [0.15, 0.2) is 5.13 Å². The molecule has 1 atom stereocenters. The van der Waals surface area contributed by atoms with Crippen molar-refractivity contribution in [3.8, 4) is 11.5 Å². The number of anilines is 1. The minimum absolute atomic E-state index is 0.0237. The van der Waals surface area contributed by atoms with E-state index in [1.54, 1.807) is 36.4 Å². The number of methoxy groups -OCH3 is 1. The SMILES string of the molecule is COc1cccc(/C(O)=C2\C(=O)C(=O)N(c3nc4ccc(C)cc4s3)[C@H]2c2cccc(O)c2)c1. The van der Waals surface area contributed by atoms with E-state index in [0.717, 1.165) is 10.3 Å². The van der Waals surface area contributed by atoms with Crippen LogP contribution in [0.15, 0.2) is 72.3 Å². The molecule has 4 aromatic rings. The minimum atomic E-state index is -0.972. The normalized spacial score (nSPS) is 17.5. The van der Waals surface area contributed by atoms with Crippen molar-refractivity contribution in [2.45, 2.75) is 13.0 Å². The van der Waals surface area contributed by atoms with Crippen LogP contribution in [0.25, 0.3) is 16.0 Å². The van der Waals surface area contributed by atoms with E-state index in [1.165, 1.54) is 35.5 Å². The highest BCUT2D eigenvalue weighted by Crippen LogP contribution is 2.45. The maximum Gasteiger partial charge on any atom is 0.301 e. The number of ketones is 1. The monoisotopic (exact) mass is 472 g/mol. The van der Waals surface area contributed by atoms with Gasteiger partial charge < -0.3 is 14.9 Å². The number of carbonyl (C=O) groups is 2. The molecule has 1 aliphatic rings. The van der Waals surface area contributed by atoms with Gasteiger partial charge in [-0.3, -0.25) is 14.5 Å². The standard InChI is InChI=1S/C26H20N2O5S/c1-14-9-10-19-20(11-14)34-26(27-19)28-22(15-5-3-7-17(29)12-15)21(24(31)25(28)32)23(30)16-6-4-8-18(13-16)33-2/h3-13,22,29-30H,1-2H3/b23-21+/t22-/m0/s1. The van der Waals surface area contributed by atoms with E-state index in [-0.39, 0.29) is 17.1 Å². The first-order chi connectivity index (χ1) is 16.4. The average Bonchev–Trinajstić information content (AvgIpc) is 3.36. The number of hydrogen-bond acceptors (Lipinski definition) is 7. The summed E-state index contributed by atoms with van der Waals surface area (Å²) in [5.41, 5.74) is 2.48. The zero-order valence-electron chi connectivity index (χ0n) is 18.4. The second-order valence-electron chi connectivity index (χ2n) is 7.96. The second-order valence-corrected chi connectivity index (χ2v) is 8.97. The van der Waals surface area contributed by atoms with Gasteiger partial charge in [-0.2, -0.15) is 0 Å². The van der Waals surface area contributed by atoms with Gasteiger partial charge in [0.25, 0.3) is 5.78 Å². The highest BCUT2D eigenvalue weighted by Gasteiger charge is 2.48. The lowest BCUT2D eigenvalue weighted by Gasteiger charge is -2.23. The van der Waals surface area contributed by atoms with E-state index in [1.807, 2.05) is 25.1 Å². The molecule has 0 aliphatic carbocycles. The van der Waals surface area contributed by atoms with Gasteiger partial charge in [0.05, 0.1) is 28.9 Å². The first kappa shape index (κ1) is 21.7. The number of aryl methyl sites for hydroxylation is 1. The number of amides is 1. The number of phenolic OH excluding ortho intramolecular Hbond substituents is 1. The molecule has 170 valence electrons. The van der Waals surface area contributed by atoms with Gasteiger partial charge in [-0.25, -0.2) is 4.98 Å². The summed E-state index contributed by atoms with van der Waals surface area (Å²) in [6, 6.07) is 17.7. The van der Waals surface area contributed by atoms with Gasteiger partial charge in [-0.15, -0.1) is 0 Å². The fraction of sp³-hybridized carbons (Fsp3) is 0.115. The van der Waals surface area contributed by atoms with Gasteiger partial charge in [0.2, 0.25) is 0 Å². The largest absolute Gasteiger partial charge is 0.508 e. The number of benzene rings is 3. The molecule has 7 nitrogen and oxygen atoms in total. The van der Waals surface area contributed by atoms with Crippen molar-refractivity contribution in [2.24, 2.45) is 0 Å². The lowest BCUT2D eigenvalue weighted by Crippen LogP contribution is -2.29. The Balaban J connectivity index is 1.74. The quantitative estimate of drug-likeness (QED) is 0.248. The average molecular weight is 473 g/mol. The van der Waals surface area contributed by atoms with Crippen LogP contribution in [-0.2, 0) is 9.59 Å². The molecule has 2 heterocycles. The molecule has 3 aromatic carbocycles. The van der Waals surface area contributed by atoms with Gasteiger partial charge in [-0.1, -0.05) is 41.7 Å². The van der Waals surface area contributed by atoms with Gasteiger partial charge in [-0.05, 0) is 54.4 Å². The number of Topliss-reactive ketones (excluding diaryl/α,β-unsaturated/α-hetero) is 1. The van der Waals surface area contributed by atoms with Crippen molar-refractivity contribution in [2.75, 3.05) is 12.0 Å². The molecule has 1 aromatic heterocycles. The summed E-state index contributed by atoms with van der Waals surface area (Å²) in [5.74, 6) is -1.49. The molecule has 1 aliphatic heterocycles. The number of ether oxygens (including phenoxy) is 1. The summed E-state index contributed by atoms with van der Waals surface area (Å²) in [6.07, 6.45) is 0. The molecule has 1 amide bonds. The molecule has 8 heteroatoms. The first-order valence-corrected chi connectivity index (χ1v) is 11.3. The van der Waals surface area contributed by atoms with Crippen molar-refractivity contribution in [3.63, 3.8) is 0 Å². The number of aromatic nitrogens is 1. The van der Waals surface area contributed by atoms with Gasteiger partial charge >= 0.3 is 5.91 Å². The zero-order chi connectivity index (χ0) is 24.0. The molecule has 1 saturated heterocycles. The Bertz CT molecular complexity index is 1490. The molecule has 0 radical (unpaired) electrons. The predicted molar refractivity (Wildman–Crippen MR) is 130 cm³/mol. The Kier molecular flexibility index (Phi) is 5.30. The number of nitrogens with zero attached hydrogens (tertiary/aromatic N) is 2. The molecular formula is C26H20N2O5S. The summed E-state index contributed by atoms with van der Waals surface area (Å²) in [7, 11) is 1.50. The smallest absolute Gasteiger partial charge is 0.301 e. The van der Waals surface area contributed by atoms with E-state index < -0.39 is 17.7 Å². The van der Waals surface area contributed by atoms with Crippen molar-refractivity contribution in [3.05, 3.63) is 89.0 Å². The molecule has 1 fully saturated rings. The number of aliphatic hydroxyl groups excluding tert-OH is 1. The first-order valence-electron chi connectivity index (χ1n) is 10.5. The van der Waals surface area contributed by atoms with E-state index in [0.29, 0.717) is 27.5 Å². The van der Waals surface area contributed by atoms with Crippen LogP contribution in [0.5, 0.6) is 11.5 Å². The van der Waals surface area contributed by atoms with E-state index >= 15 is 0 Å². The molecule has 34 heavy (non-hydrogen) atoms. The fourth-order valence-electron chi connectivity index (χ4n) is 4.09. The highest BCUT2D eigenvalue weighted by molar-refractivity contribution is 7.22. The second kappa shape index (κ2) is 8.31. The van der Waals surface area contributed by atoms with Crippen LogP contribution in [0.4, 0.5) is 5.13 Å². The lowest BCUT2D eigenvalue weighted by molar-refractivity contribution is -0.132. The third-order valence-corrected chi connectivity index (χ3v) is 6.73. The Morgan fingerprint density at radius 3 is 2.62 bits per heavy atom. The summed E-state index contributed by atoms with van der Waals surface area (Å²) in [4.78, 5) is 32.5. The Labute approximate surface area is 199 Å². The number of rotatable bonds is 4. The Hall–Kier alpha value is -4.17. The Morgan fingerprint density at radius 2 is 1.85 bits per heavy atom. The third-order valence-electron chi connectivity index (χ3n) is 5.71. The fourth-order valence-corrected chi connectivity index (χ4v) is 5.18. The minimum Gasteiger partial charge on any atom is -0.508 e. The predicted octanol–water partition coefficient (Wildman–Crippen LogP) is 4.95. The maximum atomic E-state index is 13.3. The molecule has 0 unspecified atom stereocenters. The summed E-state index contributed by atoms with van der Waals surface area (Å²) < 4.78 is 6.11.